The first-order valence-electron chi connectivity index (χ1n) is 8.93. The lowest BCUT2D eigenvalue weighted by Crippen LogP contribution is -2.54. The number of piperidine rings is 1. The van der Waals surface area contributed by atoms with E-state index in [9.17, 15) is 4.79 Å². The Morgan fingerprint density at radius 2 is 1.92 bits per heavy atom. The van der Waals surface area contributed by atoms with E-state index in [-0.39, 0.29) is 5.91 Å². The first-order chi connectivity index (χ1) is 11.8. The summed E-state index contributed by atoms with van der Waals surface area (Å²) in [6, 6.07) is 10.4. The van der Waals surface area contributed by atoms with E-state index in [1.807, 2.05) is 18.2 Å². The van der Waals surface area contributed by atoms with Crippen LogP contribution in [0.3, 0.4) is 0 Å². The topological polar surface area (TPSA) is 59.6 Å². The van der Waals surface area contributed by atoms with Gasteiger partial charge in [0.2, 0.25) is 0 Å². The third-order valence-corrected chi connectivity index (χ3v) is 4.59. The molecule has 2 rings (SSSR count). The summed E-state index contributed by atoms with van der Waals surface area (Å²) in [6.45, 7) is 3.82. The van der Waals surface area contributed by atoms with Crippen molar-refractivity contribution < 1.29 is 14.3 Å². The minimum absolute atomic E-state index is 0.0245. The van der Waals surface area contributed by atoms with Crippen molar-refractivity contribution in [1.29, 1.82) is 0 Å². The standard InChI is InChI=1S/C19H30N2O3/c1-23-19(10-13-20-14-11-19)18(22)21-12-5-6-15-24-16-9-17-7-3-2-4-8-17/h2-4,7-8,20H,5-6,9-16H2,1H3,(H,21,22). The van der Waals surface area contributed by atoms with Crippen molar-refractivity contribution >= 4 is 5.91 Å². The highest BCUT2D eigenvalue weighted by atomic mass is 16.5. The molecular weight excluding hydrogens is 304 g/mol. The number of ether oxygens (including phenoxy) is 2. The fourth-order valence-corrected chi connectivity index (χ4v) is 2.98. The first kappa shape index (κ1) is 18.9. The summed E-state index contributed by atoms with van der Waals surface area (Å²) < 4.78 is 11.2. The van der Waals surface area contributed by atoms with Crippen LogP contribution in [0.2, 0.25) is 0 Å². The third-order valence-electron chi connectivity index (χ3n) is 4.59. The quantitative estimate of drug-likeness (QED) is 0.642. The van der Waals surface area contributed by atoms with Crippen molar-refractivity contribution in [2.45, 2.75) is 37.7 Å². The lowest BCUT2D eigenvalue weighted by Gasteiger charge is -2.34. The number of methoxy groups -OCH3 is 1. The number of carbonyl (C=O) groups excluding carboxylic acids is 1. The molecule has 0 aliphatic carbocycles. The molecule has 134 valence electrons. The highest BCUT2D eigenvalue weighted by Gasteiger charge is 2.39. The molecule has 1 amide bonds. The Bertz CT molecular complexity index is 473. The predicted molar refractivity (Wildman–Crippen MR) is 95.1 cm³/mol. The Morgan fingerprint density at radius 3 is 2.62 bits per heavy atom. The van der Waals surface area contributed by atoms with Crippen LogP contribution in [0.15, 0.2) is 30.3 Å². The Morgan fingerprint density at radius 1 is 1.17 bits per heavy atom. The number of hydrogen-bond donors (Lipinski definition) is 2. The van der Waals surface area contributed by atoms with E-state index in [4.69, 9.17) is 9.47 Å². The van der Waals surface area contributed by atoms with Crippen LogP contribution < -0.4 is 10.6 Å². The van der Waals surface area contributed by atoms with E-state index < -0.39 is 5.60 Å². The van der Waals surface area contributed by atoms with Crippen LogP contribution in [0.4, 0.5) is 0 Å². The van der Waals surface area contributed by atoms with Crippen LogP contribution in [-0.4, -0.2) is 51.5 Å². The average Bonchev–Trinajstić information content (AvgIpc) is 2.65. The maximum absolute atomic E-state index is 12.3. The lowest BCUT2D eigenvalue weighted by atomic mass is 9.91. The van der Waals surface area contributed by atoms with Crippen LogP contribution in [-0.2, 0) is 20.7 Å². The molecule has 0 bridgehead atoms. The number of hydrogen-bond acceptors (Lipinski definition) is 4. The largest absolute Gasteiger partial charge is 0.381 e. The molecule has 5 heteroatoms. The molecule has 0 radical (unpaired) electrons. The summed E-state index contributed by atoms with van der Waals surface area (Å²) in [4.78, 5) is 12.3. The van der Waals surface area contributed by atoms with Crippen molar-refractivity contribution in [2.24, 2.45) is 0 Å². The summed E-state index contributed by atoms with van der Waals surface area (Å²) in [5.74, 6) is 0.0245. The molecule has 1 aromatic rings. The Hall–Kier alpha value is -1.43. The number of benzene rings is 1. The number of unbranched alkanes of at least 4 members (excludes halogenated alkanes) is 1. The van der Waals surface area contributed by atoms with Crippen LogP contribution in [0.25, 0.3) is 0 Å². The van der Waals surface area contributed by atoms with E-state index in [0.717, 1.165) is 58.4 Å². The SMILES string of the molecule is COC1(C(=O)NCCCCOCCc2ccccc2)CCNCC1. The second-order valence-corrected chi connectivity index (χ2v) is 6.26. The molecule has 5 nitrogen and oxygen atoms in total. The van der Waals surface area contributed by atoms with Crippen molar-refractivity contribution in [1.82, 2.24) is 10.6 Å². The molecule has 0 atom stereocenters. The molecule has 0 unspecified atom stereocenters. The third kappa shape index (κ3) is 5.89. The minimum atomic E-state index is -0.641. The Kier molecular flexibility index (Phi) is 8.22. The number of carbonyl (C=O) groups is 1. The van der Waals surface area contributed by atoms with Gasteiger partial charge in [-0.25, -0.2) is 0 Å². The fourth-order valence-electron chi connectivity index (χ4n) is 2.98. The lowest BCUT2D eigenvalue weighted by molar-refractivity contribution is -0.146. The molecule has 1 aliphatic heterocycles. The van der Waals surface area contributed by atoms with Crippen molar-refractivity contribution in [3.8, 4) is 0 Å². The van der Waals surface area contributed by atoms with Gasteiger partial charge >= 0.3 is 0 Å². The monoisotopic (exact) mass is 334 g/mol. The van der Waals surface area contributed by atoms with Crippen molar-refractivity contribution in [2.75, 3.05) is 40.0 Å². The zero-order chi connectivity index (χ0) is 17.1. The molecule has 0 saturated carbocycles. The highest BCUT2D eigenvalue weighted by Crippen LogP contribution is 2.22. The van der Waals surface area contributed by atoms with Gasteiger partial charge in [-0.05, 0) is 50.8 Å². The normalized spacial score (nSPS) is 16.7. The molecule has 0 spiro atoms. The van der Waals surface area contributed by atoms with Gasteiger partial charge in [-0.3, -0.25) is 4.79 Å². The molecule has 1 aliphatic rings. The van der Waals surface area contributed by atoms with Gasteiger partial charge in [-0.1, -0.05) is 30.3 Å². The number of amides is 1. The number of rotatable bonds is 10. The molecular formula is C19H30N2O3. The summed E-state index contributed by atoms with van der Waals surface area (Å²) in [5, 5.41) is 6.27. The van der Waals surface area contributed by atoms with E-state index in [1.54, 1.807) is 7.11 Å². The van der Waals surface area contributed by atoms with E-state index in [1.165, 1.54) is 5.56 Å². The summed E-state index contributed by atoms with van der Waals surface area (Å²) in [7, 11) is 1.63. The van der Waals surface area contributed by atoms with Crippen LogP contribution in [0.1, 0.15) is 31.2 Å². The number of nitrogens with one attached hydrogen (secondary N) is 2. The summed E-state index contributed by atoms with van der Waals surface area (Å²) >= 11 is 0. The van der Waals surface area contributed by atoms with Gasteiger partial charge in [-0.2, -0.15) is 0 Å². The van der Waals surface area contributed by atoms with Gasteiger partial charge in [0, 0.05) is 20.3 Å². The maximum atomic E-state index is 12.3. The molecule has 1 heterocycles. The first-order valence-corrected chi connectivity index (χ1v) is 8.93. The molecule has 0 aromatic heterocycles. The highest BCUT2D eigenvalue weighted by molar-refractivity contribution is 5.85. The van der Waals surface area contributed by atoms with Gasteiger partial charge in [-0.15, -0.1) is 0 Å². The zero-order valence-corrected chi connectivity index (χ0v) is 14.7. The van der Waals surface area contributed by atoms with Gasteiger partial charge in [0.25, 0.3) is 5.91 Å². The fraction of sp³-hybridized carbons (Fsp3) is 0.632. The maximum Gasteiger partial charge on any atom is 0.252 e. The molecule has 2 N–H and O–H groups in total. The summed E-state index contributed by atoms with van der Waals surface area (Å²) in [5.41, 5.74) is 0.661. The summed E-state index contributed by atoms with van der Waals surface area (Å²) in [6.07, 6.45) is 4.30. The molecule has 1 aromatic carbocycles. The Labute approximate surface area is 145 Å². The zero-order valence-electron chi connectivity index (χ0n) is 14.7. The van der Waals surface area contributed by atoms with Crippen LogP contribution in [0, 0.1) is 0 Å². The predicted octanol–water partition coefficient (Wildman–Crippen LogP) is 1.91. The van der Waals surface area contributed by atoms with E-state index in [2.05, 4.69) is 22.8 Å². The van der Waals surface area contributed by atoms with Gasteiger partial charge in [0.1, 0.15) is 5.60 Å². The van der Waals surface area contributed by atoms with Crippen molar-refractivity contribution in [3.63, 3.8) is 0 Å². The second kappa shape index (κ2) is 10.4. The average molecular weight is 334 g/mol. The van der Waals surface area contributed by atoms with Crippen LogP contribution >= 0.6 is 0 Å². The molecule has 24 heavy (non-hydrogen) atoms. The van der Waals surface area contributed by atoms with Gasteiger partial charge in [0.15, 0.2) is 0 Å². The minimum Gasteiger partial charge on any atom is -0.381 e. The molecule has 1 fully saturated rings. The Balaban J connectivity index is 1.51. The van der Waals surface area contributed by atoms with E-state index in [0.29, 0.717) is 6.54 Å². The second-order valence-electron chi connectivity index (χ2n) is 6.26. The van der Waals surface area contributed by atoms with Gasteiger partial charge in [0.05, 0.1) is 6.61 Å². The smallest absolute Gasteiger partial charge is 0.252 e. The van der Waals surface area contributed by atoms with Gasteiger partial charge < -0.3 is 20.1 Å². The van der Waals surface area contributed by atoms with Crippen LogP contribution in [0.5, 0.6) is 0 Å². The van der Waals surface area contributed by atoms with E-state index >= 15 is 0 Å². The molecule has 1 saturated heterocycles. The van der Waals surface area contributed by atoms with Crippen molar-refractivity contribution in [3.05, 3.63) is 35.9 Å².